The fourth-order valence-corrected chi connectivity index (χ4v) is 8.45. The lowest BCUT2D eigenvalue weighted by atomic mass is 9.81. The van der Waals surface area contributed by atoms with Crippen LogP contribution in [0.1, 0.15) is 49.7 Å². The van der Waals surface area contributed by atoms with Crippen molar-refractivity contribution in [2.75, 3.05) is 25.0 Å². The fourth-order valence-electron chi connectivity index (χ4n) is 6.91. The van der Waals surface area contributed by atoms with E-state index >= 15 is 0 Å². The summed E-state index contributed by atoms with van der Waals surface area (Å²) in [5, 5.41) is 17.2. The minimum Gasteiger partial charge on any atom is -0.465 e. The lowest BCUT2D eigenvalue weighted by Gasteiger charge is -2.29. The lowest BCUT2D eigenvalue weighted by molar-refractivity contribution is -0.130. The van der Waals surface area contributed by atoms with Gasteiger partial charge in [0.25, 0.3) is 0 Å². The van der Waals surface area contributed by atoms with Crippen molar-refractivity contribution in [1.29, 1.82) is 0 Å². The maximum absolute atomic E-state index is 13.7. The van der Waals surface area contributed by atoms with Crippen molar-refractivity contribution in [2.24, 2.45) is 11.8 Å². The Morgan fingerprint density at radius 2 is 1.62 bits per heavy atom. The van der Waals surface area contributed by atoms with Gasteiger partial charge >= 0.3 is 11.8 Å². The summed E-state index contributed by atoms with van der Waals surface area (Å²) in [4.78, 5) is 55.5. The maximum atomic E-state index is 13.7. The number of aromatic amines is 2. The van der Waals surface area contributed by atoms with E-state index < -0.39 is 28.1 Å². The topological polar surface area (TPSA) is 194 Å². The van der Waals surface area contributed by atoms with Gasteiger partial charge in [-0.25, -0.2) is 18.0 Å². The zero-order chi connectivity index (χ0) is 35.4. The predicted octanol–water partition coefficient (Wildman–Crippen LogP) is 4.36. The van der Waals surface area contributed by atoms with Crippen LogP contribution in [0.4, 0.5) is 10.5 Å². The zero-order valence-electron chi connectivity index (χ0n) is 27.8. The highest BCUT2D eigenvalue weighted by Gasteiger charge is 2.31. The quantitative estimate of drug-likeness (QED) is 0.134. The highest BCUT2D eigenvalue weighted by atomic mass is 32.2. The molecule has 4 aromatic rings. The number of benzene rings is 3. The van der Waals surface area contributed by atoms with Crippen molar-refractivity contribution < 1.29 is 27.9 Å². The number of carbonyl (C=O) groups excluding carboxylic acids is 2. The first-order valence-electron chi connectivity index (χ1n) is 17.0. The summed E-state index contributed by atoms with van der Waals surface area (Å²) in [6.07, 6.45) is 3.42. The standard InChI is InChI=1S/C36H42N6O7S/c1-22-4-14-28(50(48,49)42-16-2-3-17-42)20-29(22)25-9-5-23(6-10-25)18-32(34(44)38-27-13-15-30-31(19-27)41-35(45)40-30)39-33(43)26-11-7-24(8-12-26)21-37-36(46)47/h4-6,9-10,13-15,19-20,24,26,32,37H,2-3,7-8,11-12,16-18,21H2,1H3,(H,38,44)(H,39,43)(H,46,47)(H2,40,41,45)/t24?,26?,32-/m0/s1. The Bertz CT molecular complexity index is 2040. The van der Waals surface area contributed by atoms with Gasteiger partial charge in [0.2, 0.25) is 21.8 Å². The molecule has 0 bridgehead atoms. The number of carbonyl (C=O) groups is 3. The Morgan fingerprint density at radius 1 is 0.920 bits per heavy atom. The number of fused-ring (bicyclic) bond motifs is 1. The van der Waals surface area contributed by atoms with E-state index in [1.165, 1.54) is 4.31 Å². The largest absolute Gasteiger partial charge is 0.465 e. The SMILES string of the molecule is Cc1ccc(S(=O)(=O)N2CCCC2)cc1-c1ccc(C[C@H](NC(=O)C2CCC(CNC(=O)O)CC2)C(=O)Nc2ccc3[nH]c(=O)[nH]c3c2)cc1. The first kappa shape index (κ1) is 34.9. The number of imidazole rings is 1. The summed E-state index contributed by atoms with van der Waals surface area (Å²) in [5.41, 5.74) is 4.58. The second-order valence-electron chi connectivity index (χ2n) is 13.3. The minimum absolute atomic E-state index is 0.159. The van der Waals surface area contributed by atoms with E-state index in [2.05, 4.69) is 25.9 Å². The third kappa shape index (κ3) is 8.08. The molecule has 2 heterocycles. The minimum atomic E-state index is -3.58. The van der Waals surface area contributed by atoms with Crippen molar-refractivity contribution >= 4 is 44.7 Å². The van der Waals surface area contributed by atoms with Crippen LogP contribution in [-0.2, 0) is 26.0 Å². The third-order valence-electron chi connectivity index (χ3n) is 9.79. The summed E-state index contributed by atoms with van der Waals surface area (Å²) in [6, 6.07) is 16.8. The number of rotatable bonds is 11. The summed E-state index contributed by atoms with van der Waals surface area (Å²) in [7, 11) is -3.58. The molecular formula is C36H42N6O7S. The van der Waals surface area contributed by atoms with E-state index in [9.17, 15) is 27.6 Å². The molecule has 1 aromatic heterocycles. The van der Waals surface area contributed by atoms with Gasteiger partial charge in [0.1, 0.15) is 6.04 Å². The van der Waals surface area contributed by atoms with Crippen molar-refractivity contribution in [3.8, 4) is 11.1 Å². The molecule has 0 spiro atoms. The average molecular weight is 703 g/mol. The van der Waals surface area contributed by atoms with Crippen LogP contribution >= 0.6 is 0 Å². The van der Waals surface area contributed by atoms with Gasteiger partial charge in [0.05, 0.1) is 15.9 Å². The fraction of sp³-hybridized carbons (Fsp3) is 0.389. The molecule has 6 N–H and O–H groups in total. The maximum Gasteiger partial charge on any atom is 0.404 e. The highest BCUT2D eigenvalue weighted by Crippen LogP contribution is 2.31. The lowest BCUT2D eigenvalue weighted by Crippen LogP contribution is -2.48. The van der Waals surface area contributed by atoms with Gasteiger partial charge in [-0.2, -0.15) is 4.31 Å². The number of anilines is 1. The molecule has 1 saturated heterocycles. The number of amides is 3. The van der Waals surface area contributed by atoms with E-state index in [1.807, 2.05) is 37.3 Å². The number of nitrogens with zero attached hydrogens (tertiary/aromatic N) is 1. The van der Waals surface area contributed by atoms with Gasteiger partial charge in [-0.15, -0.1) is 0 Å². The molecule has 2 aliphatic rings. The van der Waals surface area contributed by atoms with E-state index in [0.717, 1.165) is 35.1 Å². The van der Waals surface area contributed by atoms with E-state index in [1.54, 1.807) is 30.3 Å². The predicted molar refractivity (Wildman–Crippen MR) is 189 cm³/mol. The first-order valence-corrected chi connectivity index (χ1v) is 18.4. The molecule has 50 heavy (non-hydrogen) atoms. The highest BCUT2D eigenvalue weighted by molar-refractivity contribution is 7.89. The molecule has 1 aliphatic carbocycles. The Morgan fingerprint density at radius 3 is 2.32 bits per heavy atom. The molecule has 14 heteroatoms. The third-order valence-corrected chi connectivity index (χ3v) is 11.7. The Hall–Kier alpha value is -4.95. The van der Waals surface area contributed by atoms with Gasteiger partial charge < -0.3 is 31.0 Å². The molecule has 1 atom stereocenters. The van der Waals surface area contributed by atoms with Crippen LogP contribution in [-0.4, -0.2) is 71.4 Å². The van der Waals surface area contributed by atoms with Crippen LogP contribution in [0.25, 0.3) is 22.2 Å². The van der Waals surface area contributed by atoms with Crippen LogP contribution in [0.5, 0.6) is 0 Å². The zero-order valence-corrected chi connectivity index (χ0v) is 28.6. The van der Waals surface area contributed by atoms with Crippen LogP contribution in [0.3, 0.4) is 0 Å². The van der Waals surface area contributed by atoms with Crippen LogP contribution in [0, 0.1) is 18.8 Å². The smallest absolute Gasteiger partial charge is 0.404 e. The molecule has 1 saturated carbocycles. The van der Waals surface area contributed by atoms with Crippen LogP contribution in [0.15, 0.2) is 70.4 Å². The Kier molecular flexibility index (Phi) is 10.4. The van der Waals surface area contributed by atoms with Gasteiger partial charge in [-0.05, 0) is 104 Å². The van der Waals surface area contributed by atoms with E-state index in [0.29, 0.717) is 62.0 Å². The number of hydrogen-bond donors (Lipinski definition) is 6. The number of hydrogen-bond acceptors (Lipinski definition) is 6. The molecule has 0 unspecified atom stereocenters. The first-order chi connectivity index (χ1) is 24.0. The Balaban J connectivity index is 1.19. The number of H-pyrrole nitrogens is 2. The second-order valence-corrected chi connectivity index (χ2v) is 15.2. The molecule has 1 aliphatic heterocycles. The number of sulfonamides is 1. The molecule has 6 rings (SSSR count). The number of nitrogens with one attached hydrogen (secondary N) is 5. The molecule has 13 nitrogen and oxygen atoms in total. The molecule has 264 valence electrons. The van der Waals surface area contributed by atoms with Crippen molar-refractivity contribution in [1.82, 2.24) is 24.9 Å². The normalized spacial score (nSPS) is 18.8. The average Bonchev–Trinajstić information content (AvgIpc) is 3.78. The molecular weight excluding hydrogens is 660 g/mol. The monoisotopic (exact) mass is 702 g/mol. The Labute approximate surface area is 289 Å². The number of aromatic nitrogens is 2. The molecule has 2 fully saturated rings. The van der Waals surface area contributed by atoms with Gasteiger partial charge in [-0.1, -0.05) is 30.3 Å². The van der Waals surface area contributed by atoms with Gasteiger partial charge in [0, 0.05) is 37.7 Å². The van der Waals surface area contributed by atoms with E-state index in [4.69, 9.17) is 5.11 Å². The molecule has 3 aromatic carbocycles. The van der Waals surface area contributed by atoms with Crippen LogP contribution < -0.4 is 21.6 Å². The summed E-state index contributed by atoms with van der Waals surface area (Å²) < 4.78 is 28.0. The van der Waals surface area contributed by atoms with Crippen LogP contribution in [0.2, 0.25) is 0 Å². The van der Waals surface area contributed by atoms with Crippen molar-refractivity contribution in [2.45, 2.75) is 62.8 Å². The summed E-state index contributed by atoms with van der Waals surface area (Å²) >= 11 is 0. The number of carboxylic acid groups (broad SMARTS) is 1. The van der Waals surface area contributed by atoms with Gasteiger partial charge in [0.15, 0.2) is 0 Å². The van der Waals surface area contributed by atoms with Crippen molar-refractivity contribution in [3.05, 3.63) is 82.3 Å². The molecule has 3 amide bonds. The second kappa shape index (κ2) is 14.9. The van der Waals surface area contributed by atoms with E-state index in [-0.39, 0.29) is 34.7 Å². The summed E-state index contributed by atoms with van der Waals surface area (Å²) in [5.74, 6) is -0.799. The van der Waals surface area contributed by atoms with Gasteiger partial charge in [-0.3, -0.25) is 9.59 Å². The number of aryl methyl sites for hydroxylation is 1. The van der Waals surface area contributed by atoms with Crippen molar-refractivity contribution in [3.63, 3.8) is 0 Å². The summed E-state index contributed by atoms with van der Waals surface area (Å²) in [6.45, 7) is 3.33. The molecule has 0 radical (unpaired) electrons.